The Labute approximate surface area is 125 Å². The molecule has 1 aromatic heterocycles. The zero-order chi connectivity index (χ0) is 14.7. The molecule has 1 aromatic carbocycles. The van der Waals surface area contributed by atoms with Crippen LogP contribution in [0.1, 0.15) is 52.5 Å². The molecule has 0 unspecified atom stereocenters. The fraction of sp³-hybridized carbons (Fsp3) is 0.562. The summed E-state index contributed by atoms with van der Waals surface area (Å²) < 4.78 is 1.91. The molecule has 110 valence electrons. The fourth-order valence-electron chi connectivity index (χ4n) is 2.97. The van der Waals surface area contributed by atoms with E-state index in [2.05, 4.69) is 11.9 Å². The molecule has 3 nitrogen and oxygen atoms in total. The van der Waals surface area contributed by atoms with E-state index in [0.29, 0.717) is 11.1 Å². The number of H-pyrrole nitrogens is 1. The van der Waals surface area contributed by atoms with Crippen LogP contribution in [0, 0.1) is 5.92 Å². The number of hydrogen-bond acceptors (Lipinski definition) is 1. The summed E-state index contributed by atoms with van der Waals surface area (Å²) in [4.78, 5) is 15.0. The number of benzene rings is 1. The Balaban J connectivity index is 0.000000704. The monoisotopic (exact) mass is 294 g/mol. The van der Waals surface area contributed by atoms with Crippen molar-refractivity contribution in [3.63, 3.8) is 0 Å². The molecular weight excluding hydrogens is 272 g/mol. The number of aromatic nitrogens is 2. The minimum absolute atomic E-state index is 0.00757. The van der Waals surface area contributed by atoms with Crippen molar-refractivity contribution in [3.05, 3.63) is 33.7 Å². The van der Waals surface area contributed by atoms with E-state index in [-0.39, 0.29) is 5.69 Å². The lowest BCUT2D eigenvalue weighted by molar-refractivity contribution is 0.290. The van der Waals surface area contributed by atoms with Crippen LogP contribution >= 0.6 is 11.6 Å². The van der Waals surface area contributed by atoms with Gasteiger partial charge in [-0.05, 0) is 49.8 Å². The van der Waals surface area contributed by atoms with Crippen molar-refractivity contribution in [1.29, 1.82) is 0 Å². The van der Waals surface area contributed by atoms with Gasteiger partial charge < -0.3 is 4.98 Å². The van der Waals surface area contributed by atoms with E-state index < -0.39 is 0 Å². The van der Waals surface area contributed by atoms with Crippen LogP contribution in [0.25, 0.3) is 11.0 Å². The van der Waals surface area contributed by atoms with Crippen molar-refractivity contribution < 1.29 is 0 Å². The van der Waals surface area contributed by atoms with Gasteiger partial charge in [0.25, 0.3) is 0 Å². The molecule has 1 N–H and O–H groups in total. The van der Waals surface area contributed by atoms with Crippen LogP contribution in [0.5, 0.6) is 0 Å². The molecular formula is C16H23ClN2O. The molecule has 20 heavy (non-hydrogen) atoms. The average Bonchev–Trinajstić information content (AvgIpc) is 2.77. The summed E-state index contributed by atoms with van der Waals surface area (Å²) in [6.45, 7) is 6.29. The van der Waals surface area contributed by atoms with Gasteiger partial charge in [0.1, 0.15) is 0 Å². The highest BCUT2D eigenvalue weighted by Gasteiger charge is 2.22. The Morgan fingerprint density at radius 2 is 1.85 bits per heavy atom. The fourth-order valence-corrected chi connectivity index (χ4v) is 3.14. The van der Waals surface area contributed by atoms with E-state index in [9.17, 15) is 4.79 Å². The van der Waals surface area contributed by atoms with E-state index in [0.717, 1.165) is 29.8 Å². The van der Waals surface area contributed by atoms with Gasteiger partial charge in [0, 0.05) is 11.1 Å². The summed E-state index contributed by atoms with van der Waals surface area (Å²) in [5, 5.41) is 0.660. The largest absolute Gasteiger partial charge is 0.326 e. The third-order valence-corrected chi connectivity index (χ3v) is 4.26. The normalized spacial score (nSPS) is 22.4. The first-order valence-corrected chi connectivity index (χ1v) is 7.92. The van der Waals surface area contributed by atoms with Crippen molar-refractivity contribution in [2.24, 2.45) is 5.92 Å². The number of imidazole rings is 1. The van der Waals surface area contributed by atoms with Gasteiger partial charge in [-0.25, -0.2) is 4.79 Å². The summed E-state index contributed by atoms with van der Waals surface area (Å²) in [6, 6.07) is 5.94. The summed E-state index contributed by atoms with van der Waals surface area (Å²) in [5.74, 6) is 0.789. The third kappa shape index (κ3) is 2.93. The van der Waals surface area contributed by atoms with Gasteiger partial charge in [0.2, 0.25) is 0 Å². The van der Waals surface area contributed by atoms with Crippen molar-refractivity contribution in [2.45, 2.75) is 52.5 Å². The van der Waals surface area contributed by atoms with Gasteiger partial charge in [0.15, 0.2) is 0 Å². The maximum Gasteiger partial charge on any atom is 0.326 e. The van der Waals surface area contributed by atoms with Crippen molar-refractivity contribution >= 4 is 22.6 Å². The first-order valence-electron chi connectivity index (χ1n) is 7.55. The lowest BCUT2D eigenvalue weighted by Crippen LogP contribution is -2.25. The lowest BCUT2D eigenvalue weighted by Gasteiger charge is -2.27. The Hall–Kier alpha value is -1.22. The quantitative estimate of drug-likeness (QED) is 0.809. The maximum absolute atomic E-state index is 12.1. The molecule has 1 heterocycles. The molecule has 0 aliphatic heterocycles. The molecule has 0 radical (unpaired) electrons. The number of nitrogens with one attached hydrogen (secondary N) is 1. The number of halogens is 1. The summed E-state index contributed by atoms with van der Waals surface area (Å²) in [7, 11) is 0. The van der Waals surface area contributed by atoms with Gasteiger partial charge in [-0.15, -0.1) is 0 Å². The molecule has 0 atom stereocenters. The van der Waals surface area contributed by atoms with Crippen LogP contribution in [0.4, 0.5) is 0 Å². The van der Waals surface area contributed by atoms with Crippen molar-refractivity contribution in [3.8, 4) is 0 Å². The summed E-state index contributed by atoms with van der Waals surface area (Å²) >= 11 is 5.95. The minimum atomic E-state index is -0.00757. The molecule has 0 amide bonds. The van der Waals surface area contributed by atoms with E-state index in [1.54, 1.807) is 0 Å². The van der Waals surface area contributed by atoms with Crippen molar-refractivity contribution in [1.82, 2.24) is 9.55 Å². The smallest absolute Gasteiger partial charge is 0.305 e. The molecule has 2 aromatic rings. The van der Waals surface area contributed by atoms with E-state index in [1.165, 1.54) is 12.8 Å². The minimum Gasteiger partial charge on any atom is -0.305 e. The SMILES string of the molecule is CC.CC1CCC(n2c(=O)[nH]c3cc(Cl)ccc32)CC1. The Bertz CT molecular complexity index is 621. The van der Waals surface area contributed by atoms with Gasteiger partial charge in [-0.2, -0.15) is 0 Å². The highest BCUT2D eigenvalue weighted by molar-refractivity contribution is 6.31. The molecule has 0 spiro atoms. The van der Waals surface area contributed by atoms with Crippen LogP contribution in [0.3, 0.4) is 0 Å². The second kappa shape index (κ2) is 6.49. The van der Waals surface area contributed by atoms with E-state index in [4.69, 9.17) is 11.6 Å². The van der Waals surface area contributed by atoms with E-state index >= 15 is 0 Å². The van der Waals surface area contributed by atoms with Crippen LogP contribution in [0.2, 0.25) is 5.02 Å². The average molecular weight is 295 g/mol. The number of fused-ring (bicyclic) bond motifs is 1. The second-order valence-corrected chi connectivity index (χ2v) is 5.81. The van der Waals surface area contributed by atoms with E-state index in [1.807, 2.05) is 36.6 Å². The van der Waals surface area contributed by atoms with Crippen LogP contribution < -0.4 is 5.69 Å². The van der Waals surface area contributed by atoms with Gasteiger partial charge in [-0.1, -0.05) is 32.4 Å². The molecule has 4 heteroatoms. The number of rotatable bonds is 1. The first kappa shape index (κ1) is 15.2. The summed E-state index contributed by atoms with van der Waals surface area (Å²) in [5.41, 5.74) is 1.81. The molecule has 1 aliphatic rings. The number of nitrogens with zero attached hydrogens (tertiary/aromatic N) is 1. The molecule has 1 saturated carbocycles. The highest BCUT2D eigenvalue weighted by atomic mass is 35.5. The Kier molecular flexibility index (Phi) is 4.92. The molecule has 3 rings (SSSR count). The summed E-state index contributed by atoms with van der Waals surface area (Å²) in [6.07, 6.45) is 4.60. The van der Waals surface area contributed by atoms with Crippen LogP contribution in [0.15, 0.2) is 23.0 Å². The van der Waals surface area contributed by atoms with Gasteiger partial charge in [-0.3, -0.25) is 4.57 Å². The van der Waals surface area contributed by atoms with Gasteiger partial charge >= 0.3 is 5.69 Å². The van der Waals surface area contributed by atoms with Crippen LogP contribution in [-0.2, 0) is 0 Å². The third-order valence-electron chi connectivity index (χ3n) is 4.03. The number of hydrogen-bond donors (Lipinski definition) is 1. The lowest BCUT2D eigenvalue weighted by atomic mass is 9.87. The standard InChI is InChI=1S/C14H17ClN2O.C2H6/c1-9-2-5-11(6-3-9)17-13-7-4-10(15)8-12(13)16-14(17)18;1-2/h4,7-9,11H,2-3,5-6H2,1H3,(H,16,18);1-2H3. The van der Waals surface area contributed by atoms with Crippen LogP contribution in [-0.4, -0.2) is 9.55 Å². The Morgan fingerprint density at radius 3 is 2.50 bits per heavy atom. The molecule has 1 aliphatic carbocycles. The maximum atomic E-state index is 12.1. The highest BCUT2D eigenvalue weighted by Crippen LogP contribution is 2.32. The molecule has 1 fully saturated rings. The second-order valence-electron chi connectivity index (χ2n) is 5.38. The Morgan fingerprint density at radius 1 is 1.20 bits per heavy atom. The number of aromatic amines is 1. The molecule has 0 saturated heterocycles. The predicted molar refractivity (Wildman–Crippen MR) is 85.6 cm³/mol. The zero-order valence-corrected chi connectivity index (χ0v) is 13.2. The zero-order valence-electron chi connectivity index (χ0n) is 12.4. The first-order chi connectivity index (χ1) is 9.65. The predicted octanol–water partition coefficient (Wildman–Crippen LogP) is 4.76. The topological polar surface area (TPSA) is 37.8 Å². The van der Waals surface area contributed by atoms with Gasteiger partial charge in [0.05, 0.1) is 11.0 Å². The van der Waals surface area contributed by atoms with Crippen molar-refractivity contribution in [2.75, 3.05) is 0 Å². The molecule has 0 bridgehead atoms.